The van der Waals surface area contributed by atoms with E-state index in [-0.39, 0.29) is 49.0 Å². The lowest BCUT2D eigenvalue weighted by Crippen LogP contribution is -2.48. The second kappa shape index (κ2) is 9.83. The Balaban J connectivity index is 1.74. The molecule has 3 aromatic rings. The summed E-state index contributed by atoms with van der Waals surface area (Å²) in [5.41, 5.74) is 0.260. The van der Waals surface area contributed by atoms with Crippen molar-refractivity contribution in [3.63, 3.8) is 0 Å². The Morgan fingerprint density at radius 3 is 1.86 bits per heavy atom. The van der Waals surface area contributed by atoms with Gasteiger partial charge in [0.2, 0.25) is 5.91 Å². The van der Waals surface area contributed by atoms with Gasteiger partial charge in [0.1, 0.15) is 6.04 Å². The summed E-state index contributed by atoms with van der Waals surface area (Å²) < 4.78 is 0. The van der Waals surface area contributed by atoms with Crippen LogP contribution in [0.5, 0.6) is 0 Å². The standard InChI is InChI=1S/C23H13Cl4N3O5/c24-17-15-16(18(25)20(27)19(17)26)23(33)29(22(15)32)14(10-11-4-2-1-3-5-11)21(31)28-12-6-8-13(9-7-12)30(34)35/h1-9,14H,10H2,(H,28,31)/t14-/m0/s1. The first-order valence-corrected chi connectivity index (χ1v) is 11.5. The van der Waals surface area contributed by atoms with Crippen LogP contribution in [0.25, 0.3) is 0 Å². The number of halogens is 4. The minimum atomic E-state index is -1.32. The Bertz CT molecular complexity index is 1330. The number of nitro benzene ring substituents is 1. The number of nitro groups is 1. The maximum Gasteiger partial charge on any atom is 0.269 e. The van der Waals surface area contributed by atoms with Crippen LogP contribution in [0, 0.1) is 10.1 Å². The Morgan fingerprint density at radius 1 is 0.857 bits per heavy atom. The third-order valence-corrected chi connectivity index (χ3v) is 7.17. The fourth-order valence-corrected chi connectivity index (χ4v) is 4.69. The Kier molecular flexibility index (Phi) is 7.00. The molecule has 35 heavy (non-hydrogen) atoms. The van der Waals surface area contributed by atoms with Gasteiger partial charge in [-0.25, -0.2) is 0 Å². The molecule has 8 nitrogen and oxygen atoms in total. The lowest BCUT2D eigenvalue weighted by Gasteiger charge is -2.25. The highest BCUT2D eigenvalue weighted by atomic mass is 35.5. The lowest BCUT2D eigenvalue weighted by atomic mass is 10.0. The number of anilines is 1. The van der Waals surface area contributed by atoms with E-state index in [1.165, 1.54) is 24.3 Å². The number of nitrogens with one attached hydrogen (secondary N) is 1. The fourth-order valence-electron chi connectivity index (χ4n) is 3.68. The molecule has 4 rings (SSSR count). The second-order valence-corrected chi connectivity index (χ2v) is 9.00. The van der Waals surface area contributed by atoms with Crippen molar-refractivity contribution < 1.29 is 19.3 Å². The number of fused-ring (bicyclic) bond motifs is 1. The fraction of sp³-hybridized carbons (Fsp3) is 0.0870. The molecule has 1 aliphatic heterocycles. The van der Waals surface area contributed by atoms with Gasteiger partial charge in [-0.05, 0) is 17.7 Å². The van der Waals surface area contributed by atoms with Gasteiger partial charge >= 0.3 is 0 Å². The third kappa shape index (κ3) is 4.58. The van der Waals surface area contributed by atoms with E-state index < -0.39 is 28.7 Å². The van der Waals surface area contributed by atoms with E-state index in [0.29, 0.717) is 5.56 Å². The van der Waals surface area contributed by atoms with Crippen LogP contribution in [-0.4, -0.2) is 33.6 Å². The van der Waals surface area contributed by atoms with Crippen molar-refractivity contribution in [2.24, 2.45) is 0 Å². The molecule has 12 heteroatoms. The predicted octanol–water partition coefficient (Wildman–Crippen LogP) is 6.05. The molecule has 0 unspecified atom stereocenters. The minimum absolute atomic E-state index is 0.0260. The molecule has 3 amide bonds. The van der Waals surface area contributed by atoms with Crippen LogP contribution in [0.15, 0.2) is 54.6 Å². The Hall–Kier alpha value is -3.17. The van der Waals surface area contributed by atoms with Gasteiger partial charge in [-0.2, -0.15) is 0 Å². The van der Waals surface area contributed by atoms with Gasteiger partial charge in [0, 0.05) is 24.2 Å². The zero-order valence-corrected chi connectivity index (χ0v) is 20.5. The quantitative estimate of drug-likeness (QED) is 0.131. The van der Waals surface area contributed by atoms with E-state index in [1.54, 1.807) is 30.3 Å². The Labute approximate surface area is 218 Å². The van der Waals surface area contributed by atoms with Crippen LogP contribution in [0.3, 0.4) is 0 Å². The number of rotatable bonds is 6. The zero-order chi connectivity index (χ0) is 25.4. The first-order valence-electron chi connectivity index (χ1n) is 9.94. The van der Waals surface area contributed by atoms with E-state index >= 15 is 0 Å². The van der Waals surface area contributed by atoms with Crippen LogP contribution >= 0.6 is 46.4 Å². The van der Waals surface area contributed by atoms with Gasteiger partial charge in [-0.1, -0.05) is 76.7 Å². The van der Waals surface area contributed by atoms with E-state index in [9.17, 15) is 24.5 Å². The number of hydrogen-bond acceptors (Lipinski definition) is 5. The molecule has 0 spiro atoms. The van der Waals surface area contributed by atoms with E-state index in [2.05, 4.69) is 5.32 Å². The maximum absolute atomic E-state index is 13.4. The normalized spacial score (nSPS) is 13.5. The summed E-state index contributed by atoms with van der Waals surface area (Å²) in [6.07, 6.45) is -0.0260. The molecule has 1 aliphatic rings. The molecule has 0 saturated heterocycles. The highest BCUT2D eigenvalue weighted by Crippen LogP contribution is 2.45. The summed E-state index contributed by atoms with van der Waals surface area (Å²) in [5.74, 6) is -2.41. The third-order valence-electron chi connectivity index (χ3n) is 5.36. The summed E-state index contributed by atoms with van der Waals surface area (Å²) >= 11 is 24.6. The number of carbonyl (C=O) groups is 3. The molecule has 0 bridgehead atoms. The van der Waals surface area contributed by atoms with Crippen molar-refractivity contribution in [1.82, 2.24) is 4.90 Å². The molecular formula is C23H13Cl4N3O5. The number of imide groups is 1. The largest absolute Gasteiger partial charge is 0.324 e. The van der Waals surface area contributed by atoms with Crippen molar-refractivity contribution >= 4 is 75.5 Å². The first-order chi connectivity index (χ1) is 16.6. The van der Waals surface area contributed by atoms with Crippen LogP contribution in [0.4, 0.5) is 11.4 Å². The van der Waals surface area contributed by atoms with Gasteiger partial charge in [-0.15, -0.1) is 0 Å². The van der Waals surface area contributed by atoms with Gasteiger partial charge < -0.3 is 5.32 Å². The van der Waals surface area contributed by atoms with E-state index in [4.69, 9.17) is 46.4 Å². The van der Waals surface area contributed by atoms with Crippen LogP contribution in [0.2, 0.25) is 20.1 Å². The molecule has 1 heterocycles. The van der Waals surface area contributed by atoms with Gasteiger partial charge in [0.25, 0.3) is 17.5 Å². The highest BCUT2D eigenvalue weighted by molar-refractivity contribution is 6.55. The minimum Gasteiger partial charge on any atom is -0.324 e. The van der Waals surface area contributed by atoms with Gasteiger partial charge in [0.05, 0.1) is 36.1 Å². The lowest BCUT2D eigenvalue weighted by molar-refractivity contribution is -0.384. The molecule has 0 radical (unpaired) electrons. The second-order valence-electron chi connectivity index (χ2n) is 7.48. The zero-order valence-electron chi connectivity index (χ0n) is 17.4. The molecule has 1 atom stereocenters. The summed E-state index contributed by atoms with van der Waals surface area (Å²) in [7, 11) is 0. The van der Waals surface area contributed by atoms with Gasteiger partial charge in [-0.3, -0.25) is 29.4 Å². The van der Waals surface area contributed by atoms with Gasteiger partial charge in [0.15, 0.2) is 0 Å². The van der Waals surface area contributed by atoms with Crippen molar-refractivity contribution in [3.05, 3.63) is 101 Å². The average Bonchev–Trinajstić information content (AvgIpc) is 3.10. The van der Waals surface area contributed by atoms with E-state index in [0.717, 1.165) is 4.90 Å². The van der Waals surface area contributed by atoms with Crippen LogP contribution in [-0.2, 0) is 11.2 Å². The molecule has 3 aromatic carbocycles. The summed E-state index contributed by atoms with van der Waals surface area (Å²) in [4.78, 5) is 51.2. The van der Waals surface area contributed by atoms with E-state index in [1.807, 2.05) is 0 Å². The first kappa shape index (κ1) is 24.9. The van der Waals surface area contributed by atoms with Crippen molar-refractivity contribution in [2.75, 3.05) is 5.32 Å². The van der Waals surface area contributed by atoms with Crippen molar-refractivity contribution in [3.8, 4) is 0 Å². The number of benzene rings is 3. The molecule has 0 aliphatic carbocycles. The molecule has 0 fully saturated rings. The topological polar surface area (TPSA) is 110 Å². The molecule has 0 aromatic heterocycles. The summed E-state index contributed by atoms with van der Waals surface area (Å²) in [6.45, 7) is 0. The average molecular weight is 553 g/mol. The number of nitrogens with zero attached hydrogens (tertiary/aromatic N) is 2. The van der Waals surface area contributed by atoms with Crippen LogP contribution in [0.1, 0.15) is 26.3 Å². The van der Waals surface area contributed by atoms with Crippen molar-refractivity contribution in [1.29, 1.82) is 0 Å². The summed E-state index contributed by atoms with van der Waals surface area (Å²) in [6, 6.07) is 12.5. The Morgan fingerprint density at radius 2 is 1.37 bits per heavy atom. The number of hydrogen-bond donors (Lipinski definition) is 1. The number of non-ortho nitro benzene ring substituents is 1. The maximum atomic E-state index is 13.4. The van der Waals surface area contributed by atoms with Crippen LogP contribution < -0.4 is 5.32 Å². The number of carbonyl (C=O) groups excluding carboxylic acids is 3. The summed E-state index contributed by atoms with van der Waals surface area (Å²) in [5, 5.41) is 12.6. The highest BCUT2D eigenvalue weighted by Gasteiger charge is 2.46. The predicted molar refractivity (Wildman–Crippen MR) is 133 cm³/mol. The molecule has 0 saturated carbocycles. The molecule has 1 N–H and O–H groups in total. The SMILES string of the molecule is O=C(Nc1ccc([N+](=O)[O-])cc1)[C@H](Cc1ccccc1)N1C(=O)c2c(Cl)c(Cl)c(Cl)c(Cl)c2C1=O. The molecule has 178 valence electrons. The smallest absolute Gasteiger partial charge is 0.269 e. The van der Waals surface area contributed by atoms with Crippen molar-refractivity contribution in [2.45, 2.75) is 12.5 Å². The number of amides is 3. The molecular weight excluding hydrogens is 540 g/mol. The monoisotopic (exact) mass is 551 g/mol.